The van der Waals surface area contributed by atoms with Crippen molar-refractivity contribution in [2.45, 2.75) is 64.5 Å². The van der Waals surface area contributed by atoms with Crippen LogP contribution in [0.25, 0.3) is 0 Å². The van der Waals surface area contributed by atoms with Gasteiger partial charge in [0.15, 0.2) is 0 Å². The van der Waals surface area contributed by atoms with E-state index in [1.165, 1.54) is 43.4 Å². The van der Waals surface area contributed by atoms with Gasteiger partial charge in [-0.1, -0.05) is 38.3 Å². The molecule has 2 rings (SSSR count). The zero-order chi connectivity index (χ0) is 15.1. The number of hydrogen-bond donors (Lipinski definition) is 1. The number of benzene rings is 1. The smallest absolute Gasteiger partial charge is 0.220 e. The van der Waals surface area contributed by atoms with Crippen LogP contribution in [0.15, 0.2) is 24.3 Å². The first-order valence-corrected chi connectivity index (χ1v) is 8.29. The number of carbonyl (C=O) groups is 1. The number of carbonyl (C=O) groups excluding carboxylic acids is 1. The van der Waals surface area contributed by atoms with Crippen LogP contribution in [-0.2, 0) is 11.3 Å². The van der Waals surface area contributed by atoms with E-state index in [2.05, 4.69) is 41.5 Å². The van der Waals surface area contributed by atoms with Crippen molar-refractivity contribution < 1.29 is 4.79 Å². The molecule has 0 saturated heterocycles. The van der Waals surface area contributed by atoms with Crippen LogP contribution in [0.2, 0.25) is 0 Å². The molecule has 1 amide bonds. The third-order valence-corrected chi connectivity index (χ3v) is 4.43. The first-order valence-electron chi connectivity index (χ1n) is 8.29. The van der Waals surface area contributed by atoms with Crippen LogP contribution in [0.3, 0.4) is 0 Å². The van der Waals surface area contributed by atoms with E-state index in [1.54, 1.807) is 0 Å². The molecule has 3 nitrogen and oxygen atoms in total. The summed E-state index contributed by atoms with van der Waals surface area (Å²) in [5, 5.41) is 2.96. The Balaban J connectivity index is 1.87. The van der Waals surface area contributed by atoms with E-state index in [9.17, 15) is 4.79 Å². The van der Waals surface area contributed by atoms with Crippen molar-refractivity contribution in [2.24, 2.45) is 0 Å². The summed E-state index contributed by atoms with van der Waals surface area (Å²) in [4.78, 5) is 13.9. The molecule has 0 atom stereocenters. The third-order valence-electron chi connectivity index (χ3n) is 4.43. The Morgan fingerprint density at radius 3 is 2.48 bits per heavy atom. The molecule has 3 heteroatoms. The van der Waals surface area contributed by atoms with Crippen molar-refractivity contribution in [3.05, 3.63) is 29.8 Å². The lowest BCUT2D eigenvalue weighted by molar-refractivity contribution is -0.121. The molecule has 1 aliphatic carbocycles. The lowest BCUT2D eigenvalue weighted by atomic mass is 9.94. The Morgan fingerprint density at radius 2 is 1.86 bits per heavy atom. The number of anilines is 1. The zero-order valence-corrected chi connectivity index (χ0v) is 13.4. The van der Waals surface area contributed by atoms with Crippen LogP contribution < -0.4 is 10.2 Å². The molecule has 1 fully saturated rings. The summed E-state index contributed by atoms with van der Waals surface area (Å²) in [5.74, 6) is 0.140. The predicted octanol–water partition coefficient (Wildman–Crippen LogP) is 3.87. The number of rotatable bonds is 6. The van der Waals surface area contributed by atoms with E-state index >= 15 is 0 Å². The minimum atomic E-state index is 0.140. The molecular formula is C18H28N2O. The van der Waals surface area contributed by atoms with Gasteiger partial charge >= 0.3 is 0 Å². The van der Waals surface area contributed by atoms with Gasteiger partial charge in [-0.05, 0) is 37.0 Å². The van der Waals surface area contributed by atoms with E-state index in [0.29, 0.717) is 19.0 Å². The minimum absolute atomic E-state index is 0.140. The lowest BCUT2D eigenvalue weighted by Crippen LogP contribution is -2.33. The highest BCUT2D eigenvalue weighted by Gasteiger charge is 2.18. The highest BCUT2D eigenvalue weighted by Crippen LogP contribution is 2.26. The Bertz CT molecular complexity index is 435. The van der Waals surface area contributed by atoms with Crippen molar-refractivity contribution in [1.82, 2.24) is 5.32 Å². The Morgan fingerprint density at radius 1 is 1.19 bits per heavy atom. The second-order valence-corrected chi connectivity index (χ2v) is 6.10. The first-order chi connectivity index (χ1) is 10.2. The van der Waals surface area contributed by atoms with Gasteiger partial charge in [0.1, 0.15) is 0 Å². The molecule has 0 aromatic heterocycles. The summed E-state index contributed by atoms with van der Waals surface area (Å²) in [7, 11) is 2.20. The van der Waals surface area contributed by atoms with E-state index < -0.39 is 0 Å². The van der Waals surface area contributed by atoms with Gasteiger partial charge in [-0.15, -0.1) is 0 Å². The number of nitrogens with one attached hydrogen (secondary N) is 1. The van der Waals surface area contributed by atoms with Crippen LogP contribution >= 0.6 is 0 Å². The number of nitrogens with zero attached hydrogens (tertiary/aromatic N) is 1. The average molecular weight is 288 g/mol. The van der Waals surface area contributed by atoms with Gasteiger partial charge in [0.05, 0.1) is 0 Å². The molecular weight excluding hydrogens is 260 g/mol. The van der Waals surface area contributed by atoms with Crippen LogP contribution in [-0.4, -0.2) is 19.0 Å². The topological polar surface area (TPSA) is 32.3 Å². The second-order valence-electron chi connectivity index (χ2n) is 6.10. The van der Waals surface area contributed by atoms with Crippen LogP contribution in [0.4, 0.5) is 5.69 Å². The van der Waals surface area contributed by atoms with E-state index in [-0.39, 0.29) is 5.91 Å². The maximum absolute atomic E-state index is 11.5. The Hall–Kier alpha value is -1.51. The van der Waals surface area contributed by atoms with Crippen molar-refractivity contribution in [3.8, 4) is 0 Å². The highest BCUT2D eigenvalue weighted by molar-refractivity contribution is 5.75. The molecule has 1 saturated carbocycles. The van der Waals surface area contributed by atoms with E-state index in [4.69, 9.17) is 0 Å². The summed E-state index contributed by atoms with van der Waals surface area (Å²) < 4.78 is 0. The van der Waals surface area contributed by atoms with Crippen molar-refractivity contribution in [2.75, 3.05) is 11.9 Å². The maximum Gasteiger partial charge on any atom is 0.220 e. The zero-order valence-electron chi connectivity index (χ0n) is 13.4. The van der Waals surface area contributed by atoms with Crippen molar-refractivity contribution in [3.63, 3.8) is 0 Å². The quantitative estimate of drug-likeness (QED) is 0.861. The van der Waals surface area contributed by atoms with Gasteiger partial charge in [-0.3, -0.25) is 4.79 Å². The molecule has 116 valence electrons. The predicted molar refractivity (Wildman–Crippen MR) is 88.5 cm³/mol. The lowest BCUT2D eigenvalue weighted by Gasteiger charge is -2.33. The minimum Gasteiger partial charge on any atom is -0.372 e. The summed E-state index contributed by atoms with van der Waals surface area (Å²) in [6, 6.07) is 9.29. The van der Waals surface area contributed by atoms with Crippen molar-refractivity contribution in [1.29, 1.82) is 0 Å². The molecule has 1 aromatic carbocycles. The summed E-state index contributed by atoms with van der Waals surface area (Å²) in [6.07, 6.45) is 8.24. The van der Waals surface area contributed by atoms with Gasteiger partial charge in [-0.2, -0.15) is 0 Å². The normalized spacial score (nSPS) is 15.7. The molecule has 0 heterocycles. The fraction of sp³-hybridized carbons (Fsp3) is 0.611. The summed E-state index contributed by atoms with van der Waals surface area (Å²) in [6.45, 7) is 2.65. The van der Waals surface area contributed by atoms with Crippen LogP contribution in [0.1, 0.15) is 57.4 Å². The van der Waals surface area contributed by atoms with Gasteiger partial charge < -0.3 is 10.2 Å². The molecule has 0 spiro atoms. The van der Waals surface area contributed by atoms with Gasteiger partial charge in [0.25, 0.3) is 0 Å². The van der Waals surface area contributed by atoms with Crippen molar-refractivity contribution >= 4 is 11.6 Å². The number of hydrogen-bond acceptors (Lipinski definition) is 2. The highest BCUT2D eigenvalue weighted by atomic mass is 16.1. The molecule has 1 aliphatic rings. The molecule has 0 radical (unpaired) electrons. The van der Waals surface area contributed by atoms with Crippen LogP contribution in [0.5, 0.6) is 0 Å². The Labute approximate surface area is 128 Å². The summed E-state index contributed by atoms with van der Waals surface area (Å²) >= 11 is 0. The molecule has 1 N–H and O–H groups in total. The molecule has 21 heavy (non-hydrogen) atoms. The second kappa shape index (κ2) is 8.06. The fourth-order valence-electron chi connectivity index (χ4n) is 3.04. The molecule has 0 aliphatic heterocycles. The third kappa shape index (κ3) is 4.76. The molecule has 0 bridgehead atoms. The molecule has 1 aromatic rings. The van der Waals surface area contributed by atoms with Gasteiger partial charge in [-0.25, -0.2) is 0 Å². The average Bonchev–Trinajstić information content (AvgIpc) is 2.54. The van der Waals surface area contributed by atoms with Crippen LogP contribution in [0, 0.1) is 0 Å². The number of amides is 1. The fourth-order valence-corrected chi connectivity index (χ4v) is 3.04. The largest absolute Gasteiger partial charge is 0.372 e. The SMILES string of the molecule is CCCC(=O)NCc1ccc(N(C)C2CCCCC2)cc1. The molecule has 0 unspecified atom stereocenters. The summed E-state index contributed by atoms with van der Waals surface area (Å²) in [5.41, 5.74) is 2.45. The standard InChI is InChI=1S/C18H28N2O/c1-3-7-18(21)19-14-15-10-12-17(13-11-15)20(2)16-8-5-4-6-9-16/h10-13,16H,3-9,14H2,1-2H3,(H,19,21). The van der Waals surface area contributed by atoms with Gasteiger partial charge in [0, 0.05) is 31.7 Å². The Kier molecular flexibility index (Phi) is 6.09. The van der Waals surface area contributed by atoms with E-state index in [1.807, 2.05) is 6.92 Å². The maximum atomic E-state index is 11.5. The monoisotopic (exact) mass is 288 g/mol. The van der Waals surface area contributed by atoms with Gasteiger partial charge in [0.2, 0.25) is 5.91 Å². The first kappa shape index (κ1) is 15.9. The van der Waals surface area contributed by atoms with E-state index in [0.717, 1.165) is 6.42 Å².